The van der Waals surface area contributed by atoms with E-state index in [-0.39, 0.29) is 0 Å². The first-order valence-corrected chi connectivity index (χ1v) is 7.94. The molecule has 0 unspecified atom stereocenters. The van der Waals surface area contributed by atoms with E-state index < -0.39 is 0 Å². The van der Waals surface area contributed by atoms with Crippen molar-refractivity contribution in [2.24, 2.45) is 0 Å². The molecule has 0 bridgehead atoms. The Kier molecular flexibility index (Phi) is 5.03. The number of nitrogens with one attached hydrogen (secondary N) is 2. The van der Waals surface area contributed by atoms with Gasteiger partial charge in [0.25, 0.3) is 0 Å². The zero-order valence-corrected chi connectivity index (χ0v) is 13.2. The molecule has 6 heteroatoms. The van der Waals surface area contributed by atoms with Crippen LogP contribution in [-0.2, 0) is 11.3 Å². The first kappa shape index (κ1) is 15.0. The normalized spacial score (nSPS) is 17.4. The molecule has 0 spiro atoms. The van der Waals surface area contributed by atoms with E-state index in [0.29, 0.717) is 17.8 Å². The monoisotopic (exact) mass is 316 g/mol. The van der Waals surface area contributed by atoms with E-state index in [1.807, 2.05) is 29.1 Å². The van der Waals surface area contributed by atoms with Crippen molar-refractivity contribution in [3.63, 3.8) is 0 Å². The molecule has 1 aliphatic heterocycles. The molecular formula is C16H20N4OS. The topological polar surface area (TPSA) is 51.1 Å². The fourth-order valence-electron chi connectivity index (χ4n) is 2.44. The standard InChI is InChI=1S/C16H20N4OS/c22-16(18-12-15-3-1-10-21-15)17-11-13-4-6-14(7-5-13)20-9-2-8-19-20/h2,4-9,15H,1,3,10-12H2,(H2,17,18,22)/t15-/m0/s1. The lowest BCUT2D eigenvalue weighted by atomic mass is 10.2. The molecule has 1 aromatic carbocycles. The summed E-state index contributed by atoms with van der Waals surface area (Å²) in [7, 11) is 0. The number of nitrogens with zero attached hydrogens (tertiary/aromatic N) is 2. The van der Waals surface area contributed by atoms with Gasteiger partial charge in [-0.25, -0.2) is 4.68 Å². The highest BCUT2D eigenvalue weighted by Crippen LogP contribution is 2.10. The van der Waals surface area contributed by atoms with Crippen LogP contribution in [-0.4, -0.2) is 34.1 Å². The average molecular weight is 316 g/mol. The van der Waals surface area contributed by atoms with Crippen LogP contribution in [0.3, 0.4) is 0 Å². The van der Waals surface area contributed by atoms with E-state index in [0.717, 1.165) is 31.7 Å². The summed E-state index contributed by atoms with van der Waals surface area (Å²) in [5, 5.41) is 11.3. The molecule has 1 atom stereocenters. The first-order valence-electron chi connectivity index (χ1n) is 7.53. The minimum absolute atomic E-state index is 0.299. The van der Waals surface area contributed by atoms with Gasteiger partial charge in [-0.3, -0.25) is 0 Å². The molecule has 116 valence electrons. The van der Waals surface area contributed by atoms with E-state index in [1.165, 1.54) is 5.56 Å². The van der Waals surface area contributed by atoms with Gasteiger partial charge in [0, 0.05) is 32.1 Å². The molecule has 0 aliphatic carbocycles. The Morgan fingerprint density at radius 3 is 2.86 bits per heavy atom. The third-order valence-corrected chi connectivity index (χ3v) is 3.96. The molecular weight excluding hydrogens is 296 g/mol. The smallest absolute Gasteiger partial charge is 0.166 e. The molecule has 5 nitrogen and oxygen atoms in total. The van der Waals surface area contributed by atoms with E-state index in [9.17, 15) is 0 Å². The van der Waals surface area contributed by atoms with Gasteiger partial charge in [0.2, 0.25) is 0 Å². The van der Waals surface area contributed by atoms with Crippen LogP contribution in [0.5, 0.6) is 0 Å². The Hall–Kier alpha value is -1.92. The number of aromatic nitrogens is 2. The van der Waals surface area contributed by atoms with Crippen molar-refractivity contribution in [2.75, 3.05) is 13.2 Å². The second kappa shape index (κ2) is 7.38. The van der Waals surface area contributed by atoms with E-state index in [1.54, 1.807) is 6.20 Å². The SMILES string of the molecule is S=C(NCc1ccc(-n2cccn2)cc1)NC[C@@H]1CCCO1. The van der Waals surface area contributed by atoms with Crippen molar-refractivity contribution >= 4 is 17.3 Å². The highest BCUT2D eigenvalue weighted by atomic mass is 32.1. The highest BCUT2D eigenvalue weighted by molar-refractivity contribution is 7.80. The maximum Gasteiger partial charge on any atom is 0.166 e. The van der Waals surface area contributed by atoms with Crippen LogP contribution in [0.4, 0.5) is 0 Å². The summed E-state index contributed by atoms with van der Waals surface area (Å²) in [6.45, 7) is 2.36. The molecule has 0 saturated carbocycles. The van der Waals surface area contributed by atoms with Crippen molar-refractivity contribution in [3.8, 4) is 5.69 Å². The van der Waals surface area contributed by atoms with Gasteiger partial charge >= 0.3 is 0 Å². The summed E-state index contributed by atoms with van der Waals surface area (Å²) < 4.78 is 7.39. The van der Waals surface area contributed by atoms with Crippen LogP contribution < -0.4 is 10.6 Å². The molecule has 22 heavy (non-hydrogen) atoms. The molecule has 2 aromatic rings. The van der Waals surface area contributed by atoms with Gasteiger partial charge in [0.05, 0.1) is 11.8 Å². The van der Waals surface area contributed by atoms with Crippen LogP contribution in [0, 0.1) is 0 Å². The molecule has 2 heterocycles. The summed E-state index contributed by atoms with van der Waals surface area (Å²) in [6.07, 6.45) is 6.26. The summed E-state index contributed by atoms with van der Waals surface area (Å²) >= 11 is 5.29. The molecule has 3 rings (SSSR count). The maximum absolute atomic E-state index is 5.56. The summed E-state index contributed by atoms with van der Waals surface area (Å²) in [6, 6.07) is 10.2. The van der Waals surface area contributed by atoms with Gasteiger partial charge in [-0.1, -0.05) is 12.1 Å². The van der Waals surface area contributed by atoms with E-state index in [4.69, 9.17) is 17.0 Å². The van der Waals surface area contributed by atoms with Gasteiger partial charge in [0.15, 0.2) is 5.11 Å². The Labute approximate surface area is 135 Å². The van der Waals surface area contributed by atoms with Crippen LogP contribution in [0.25, 0.3) is 5.69 Å². The lowest BCUT2D eigenvalue weighted by Gasteiger charge is -2.14. The van der Waals surface area contributed by atoms with Crippen molar-refractivity contribution in [1.82, 2.24) is 20.4 Å². The van der Waals surface area contributed by atoms with E-state index >= 15 is 0 Å². The number of ether oxygens (including phenoxy) is 1. The first-order chi connectivity index (χ1) is 10.8. The van der Waals surface area contributed by atoms with Gasteiger partial charge in [0.1, 0.15) is 0 Å². The predicted octanol–water partition coefficient (Wildman–Crippen LogP) is 2.02. The second-order valence-corrected chi connectivity index (χ2v) is 5.72. The number of hydrogen-bond donors (Lipinski definition) is 2. The zero-order valence-electron chi connectivity index (χ0n) is 12.4. The summed E-state index contributed by atoms with van der Waals surface area (Å²) in [5.74, 6) is 0. The fourth-order valence-corrected chi connectivity index (χ4v) is 2.60. The van der Waals surface area contributed by atoms with Crippen LogP contribution in [0.15, 0.2) is 42.7 Å². The predicted molar refractivity (Wildman–Crippen MR) is 90.0 cm³/mol. The van der Waals surface area contributed by atoms with Crippen LogP contribution in [0.1, 0.15) is 18.4 Å². The minimum atomic E-state index is 0.299. The largest absolute Gasteiger partial charge is 0.376 e. The van der Waals surface area contributed by atoms with Crippen molar-refractivity contribution in [1.29, 1.82) is 0 Å². The third-order valence-electron chi connectivity index (χ3n) is 3.67. The maximum atomic E-state index is 5.56. The van der Waals surface area contributed by atoms with Gasteiger partial charge in [-0.05, 0) is 48.8 Å². The second-order valence-electron chi connectivity index (χ2n) is 5.32. The zero-order chi connectivity index (χ0) is 15.2. The molecule has 2 N–H and O–H groups in total. The van der Waals surface area contributed by atoms with Gasteiger partial charge in [-0.15, -0.1) is 0 Å². The average Bonchev–Trinajstić information content (AvgIpc) is 3.24. The van der Waals surface area contributed by atoms with Crippen molar-refractivity contribution < 1.29 is 4.74 Å². The molecule has 1 aromatic heterocycles. The molecule has 1 aliphatic rings. The van der Waals surface area contributed by atoms with Crippen LogP contribution in [0.2, 0.25) is 0 Å². The molecule has 1 saturated heterocycles. The lowest BCUT2D eigenvalue weighted by Crippen LogP contribution is -2.39. The molecule has 1 fully saturated rings. The lowest BCUT2D eigenvalue weighted by molar-refractivity contribution is 0.114. The highest BCUT2D eigenvalue weighted by Gasteiger charge is 2.15. The number of rotatable bonds is 5. The van der Waals surface area contributed by atoms with Crippen molar-refractivity contribution in [3.05, 3.63) is 48.3 Å². The minimum Gasteiger partial charge on any atom is -0.376 e. The summed E-state index contributed by atoms with van der Waals surface area (Å²) in [5.41, 5.74) is 2.23. The Bertz CT molecular complexity index is 591. The Morgan fingerprint density at radius 1 is 1.32 bits per heavy atom. The quantitative estimate of drug-likeness (QED) is 0.827. The number of benzene rings is 1. The number of thiocarbonyl (C=S) groups is 1. The third kappa shape index (κ3) is 4.05. The van der Waals surface area contributed by atoms with Gasteiger partial charge in [-0.2, -0.15) is 5.10 Å². The fraction of sp³-hybridized carbons (Fsp3) is 0.375. The van der Waals surface area contributed by atoms with Crippen molar-refractivity contribution in [2.45, 2.75) is 25.5 Å². The molecule has 0 radical (unpaired) electrons. The molecule has 0 amide bonds. The summed E-state index contributed by atoms with van der Waals surface area (Å²) in [4.78, 5) is 0. The Morgan fingerprint density at radius 2 is 2.18 bits per heavy atom. The Balaban J connectivity index is 1.43. The van der Waals surface area contributed by atoms with Gasteiger partial charge < -0.3 is 15.4 Å². The van der Waals surface area contributed by atoms with Crippen LogP contribution >= 0.6 is 12.2 Å². The number of hydrogen-bond acceptors (Lipinski definition) is 3. The van der Waals surface area contributed by atoms with E-state index in [2.05, 4.69) is 27.9 Å².